The van der Waals surface area contributed by atoms with Crippen molar-refractivity contribution in [2.75, 3.05) is 7.11 Å². The molecule has 1 rings (SSSR count). The summed E-state index contributed by atoms with van der Waals surface area (Å²) in [6.45, 7) is 3.87. The first-order valence-corrected chi connectivity index (χ1v) is 5.92. The Morgan fingerprint density at radius 2 is 2.12 bits per heavy atom. The Morgan fingerprint density at radius 1 is 1.47 bits per heavy atom. The van der Waals surface area contributed by atoms with Gasteiger partial charge in [0, 0.05) is 12.7 Å². The zero-order valence-corrected chi connectivity index (χ0v) is 11.1. The van der Waals surface area contributed by atoms with Gasteiger partial charge in [0.25, 0.3) is 0 Å². The number of ether oxygens (including phenoxy) is 1. The molecule has 17 heavy (non-hydrogen) atoms. The smallest absolute Gasteiger partial charge is 0.142 e. The standard InChI is InChI=1S/C13H18ClFO2/c1-13(2,17-3)8-7-11(16)9-5-4-6-10(15)12(9)14/h4-6,11,16H,7-8H2,1-3H3. The van der Waals surface area contributed by atoms with Gasteiger partial charge >= 0.3 is 0 Å². The highest BCUT2D eigenvalue weighted by molar-refractivity contribution is 6.31. The minimum atomic E-state index is -0.771. The maximum Gasteiger partial charge on any atom is 0.142 e. The van der Waals surface area contributed by atoms with Crippen LogP contribution in [0.25, 0.3) is 0 Å². The molecule has 4 heteroatoms. The average molecular weight is 261 g/mol. The lowest BCUT2D eigenvalue weighted by atomic mass is 9.96. The highest BCUT2D eigenvalue weighted by Gasteiger charge is 2.20. The Morgan fingerprint density at radius 3 is 2.71 bits per heavy atom. The molecule has 1 aromatic carbocycles. The predicted molar refractivity (Wildman–Crippen MR) is 66.7 cm³/mol. The second-order valence-corrected chi connectivity index (χ2v) is 5.04. The van der Waals surface area contributed by atoms with Crippen LogP contribution in [0.3, 0.4) is 0 Å². The molecule has 1 unspecified atom stereocenters. The average Bonchev–Trinajstić information content (AvgIpc) is 2.30. The Kier molecular flexibility index (Phi) is 4.92. The van der Waals surface area contributed by atoms with Crippen molar-refractivity contribution in [3.05, 3.63) is 34.6 Å². The lowest BCUT2D eigenvalue weighted by Crippen LogP contribution is -2.23. The van der Waals surface area contributed by atoms with Crippen LogP contribution in [0, 0.1) is 5.82 Å². The predicted octanol–water partition coefficient (Wildman–Crippen LogP) is 3.72. The number of methoxy groups -OCH3 is 1. The first-order valence-electron chi connectivity index (χ1n) is 5.54. The molecule has 1 atom stereocenters. The lowest BCUT2D eigenvalue weighted by Gasteiger charge is -2.24. The summed E-state index contributed by atoms with van der Waals surface area (Å²) in [5.74, 6) is -0.505. The first kappa shape index (κ1) is 14.4. The summed E-state index contributed by atoms with van der Waals surface area (Å²) in [6.07, 6.45) is 0.370. The number of hydrogen-bond acceptors (Lipinski definition) is 2. The fourth-order valence-electron chi connectivity index (χ4n) is 1.52. The minimum absolute atomic E-state index is 0.00442. The summed E-state index contributed by atoms with van der Waals surface area (Å²) in [5.41, 5.74) is 0.124. The third-order valence-corrected chi connectivity index (χ3v) is 3.31. The number of hydrogen-bond donors (Lipinski definition) is 1. The van der Waals surface area contributed by atoms with Crippen LogP contribution in [0.15, 0.2) is 18.2 Å². The Bertz CT molecular complexity index is 380. The number of rotatable bonds is 5. The van der Waals surface area contributed by atoms with Gasteiger partial charge < -0.3 is 9.84 Å². The van der Waals surface area contributed by atoms with Gasteiger partial charge in [-0.2, -0.15) is 0 Å². The van der Waals surface area contributed by atoms with E-state index >= 15 is 0 Å². The summed E-state index contributed by atoms with van der Waals surface area (Å²) < 4.78 is 18.5. The minimum Gasteiger partial charge on any atom is -0.388 e. The van der Waals surface area contributed by atoms with Crippen LogP contribution in [0.2, 0.25) is 5.02 Å². The quantitative estimate of drug-likeness (QED) is 0.874. The van der Waals surface area contributed by atoms with Crippen molar-refractivity contribution in [1.29, 1.82) is 0 Å². The fraction of sp³-hybridized carbons (Fsp3) is 0.538. The van der Waals surface area contributed by atoms with Gasteiger partial charge in [0.1, 0.15) is 5.82 Å². The van der Waals surface area contributed by atoms with Crippen molar-refractivity contribution in [3.8, 4) is 0 Å². The number of halogens is 2. The van der Waals surface area contributed by atoms with E-state index in [0.717, 1.165) is 0 Å². The molecule has 0 aliphatic rings. The van der Waals surface area contributed by atoms with E-state index in [-0.39, 0.29) is 10.6 Å². The molecule has 0 aliphatic carbocycles. The summed E-state index contributed by atoms with van der Waals surface area (Å²) in [6, 6.07) is 4.45. The Balaban J connectivity index is 2.71. The van der Waals surface area contributed by atoms with E-state index in [2.05, 4.69) is 0 Å². The van der Waals surface area contributed by atoms with Gasteiger partial charge in [-0.15, -0.1) is 0 Å². The van der Waals surface area contributed by atoms with Crippen LogP contribution >= 0.6 is 11.6 Å². The molecular formula is C13H18ClFO2. The van der Waals surface area contributed by atoms with Crippen LogP contribution in [0.4, 0.5) is 4.39 Å². The second kappa shape index (κ2) is 5.80. The van der Waals surface area contributed by atoms with Crippen LogP contribution < -0.4 is 0 Å². The van der Waals surface area contributed by atoms with Crippen LogP contribution in [0.1, 0.15) is 38.4 Å². The van der Waals surface area contributed by atoms with E-state index in [1.807, 2.05) is 13.8 Å². The fourth-order valence-corrected chi connectivity index (χ4v) is 1.77. The molecule has 96 valence electrons. The molecule has 0 aromatic heterocycles. The van der Waals surface area contributed by atoms with Gasteiger partial charge in [-0.25, -0.2) is 4.39 Å². The van der Waals surface area contributed by atoms with Gasteiger partial charge in [-0.3, -0.25) is 0 Å². The van der Waals surface area contributed by atoms with Gasteiger partial charge in [0.05, 0.1) is 16.7 Å². The van der Waals surface area contributed by atoms with Crippen molar-refractivity contribution >= 4 is 11.6 Å². The van der Waals surface area contributed by atoms with E-state index in [1.54, 1.807) is 19.2 Å². The van der Waals surface area contributed by atoms with E-state index < -0.39 is 11.9 Å². The highest BCUT2D eigenvalue weighted by Crippen LogP contribution is 2.30. The number of aliphatic hydroxyl groups is 1. The van der Waals surface area contributed by atoms with Crippen LogP contribution in [-0.2, 0) is 4.74 Å². The van der Waals surface area contributed by atoms with E-state index in [0.29, 0.717) is 18.4 Å². The molecule has 0 fully saturated rings. The largest absolute Gasteiger partial charge is 0.388 e. The molecule has 0 aliphatic heterocycles. The Labute approximate surface area is 106 Å². The molecule has 0 saturated carbocycles. The summed E-state index contributed by atoms with van der Waals surface area (Å²) in [4.78, 5) is 0. The zero-order valence-electron chi connectivity index (χ0n) is 10.3. The molecule has 0 amide bonds. The molecule has 1 aromatic rings. The topological polar surface area (TPSA) is 29.5 Å². The van der Waals surface area contributed by atoms with Gasteiger partial charge in [0.15, 0.2) is 0 Å². The van der Waals surface area contributed by atoms with Crippen molar-refractivity contribution in [2.24, 2.45) is 0 Å². The van der Waals surface area contributed by atoms with Crippen molar-refractivity contribution < 1.29 is 14.2 Å². The monoisotopic (exact) mass is 260 g/mol. The van der Waals surface area contributed by atoms with E-state index in [1.165, 1.54) is 6.07 Å². The van der Waals surface area contributed by atoms with Crippen molar-refractivity contribution in [3.63, 3.8) is 0 Å². The van der Waals surface area contributed by atoms with Crippen LogP contribution in [-0.4, -0.2) is 17.8 Å². The molecule has 2 nitrogen and oxygen atoms in total. The van der Waals surface area contributed by atoms with Gasteiger partial charge in [-0.1, -0.05) is 23.7 Å². The first-order chi connectivity index (χ1) is 7.87. The van der Waals surface area contributed by atoms with Crippen molar-refractivity contribution in [2.45, 2.75) is 38.4 Å². The van der Waals surface area contributed by atoms with Gasteiger partial charge in [0.2, 0.25) is 0 Å². The number of aliphatic hydroxyl groups excluding tert-OH is 1. The SMILES string of the molecule is COC(C)(C)CCC(O)c1cccc(F)c1Cl. The van der Waals surface area contributed by atoms with Crippen molar-refractivity contribution in [1.82, 2.24) is 0 Å². The molecule has 1 N–H and O–H groups in total. The summed E-state index contributed by atoms with van der Waals surface area (Å²) in [5, 5.41) is 9.97. The number of benzene rings is 1. The zero-order chi connectivity index (χ0) is 13.1. The maximum atomic E-state index is 13.2. The molecule has 0 radical (unpaired) electrons. The van der Waals surface area contributed by atoms with Crippen LogP contribution in [0.5, 0.6) is 0 Å². The van der Waals surface area contributed by atoms with Gasteiger partial charge in [-0.05, 0) is 32.8 Å². The molecule has 0 bridgehead atoms. The summed E-state index contributed by atoms with van der Waals surface area (Å²) in [7, 11) is 1.63. The maximum absolute atomic E-state index is 13.2. The summed E-state index contributed by atoms with van der Waals surface area (Å²) >= 11 is 5.81. The molecular weight excluding hydrogens is 243 g/mol. The highest BCUT2D eigenvalue weighted by atomic mass is 35.5. The molecule has 0 saturated heterocycles. The lowest BCUT2D eigenvalue weighted by molar-refractivity contribution is 0.00277. The Hall–Kier alpha value is -0.640. The third-order valence-electron chi connectivity index (χ3n) is 2.91. The molecule has 0 heterocycles. The van der Waals surface area contributed by atoms with E-state index in [9.17, 15) is 9.50 Å². The normalized spacial score (nSPS) is 13.8. The third kappa shape index (κ3) is 3.95. The van der Waals surface area contributed by atoms with E-state index in [4.69, 9.17) is 16.3 Å². The second-order valence-electron chi connectivity index (χ2n) is 4.66. The molecule has 0 spiro atoms.